The summed E-state index contributed by atoms with van der Waals surface area (Å²) < 4.78 is 9.20. The third-order valence-corrected chi connectivity index (χ3v) is 2.88. The Balaban J connectivity index is 4.94. The Morgan fingerprint density at radius 3 is 1.83 bits per heavy atom. The van der Waals surface area contributed by atoms with Crippen LogP contribution in [0.2, 0.25) is 0 Å². The predicted octanol–water partition coefficient (Wildman–Crippen LogP) is -3.03. The van der Waals surface area contributed by atoms with E-state index in [0.717, 1.165) is 13.8 Å². The van der Waals surface area contributed by atoms with Crippen LogP contribution in [0, 0.1) is 0 Å². The van der Waals surface area contributed by atoms with Crippen molar-refractivity contribution >= 4 is 23.7 Å². The average molecular weight is 352 g/mol. The van der Waals surface area contributed by atoms with Crippen LogP contribution in [0.1, 0.15) is 20.3 Å². The van der Waals surface area contributed by atoms with Gasteiger partial charge in [-0.3, -0.25) is 14.4 Å². The fourth-order valence-corrected chi connectivity index (χ4v) is 1.66. The first-order valence-electron chi connectivity index (χ1n) is 6.76. The van der Waals surface area contributed by atoms with Crippen LogP contribution in [-0.2, 0) is 28.7 Å². The third-order valence-electron chi connectivity index (χ3n) is 2.88. The van der Waals surface area contributed by atoms with Crippen molar-refractivity contribution in [2.75, 3.05) is 6.61 Å². The summed E-state index contributed by atoms with van der Waals surface area (Å²) in [6.07, 6.45) is -10.8. The first-order valence-corrected chi connectivity index (χ1v) is 6.76. The van der Waals surface area contributed by atoms with E-state index in [1.165, 1.54) is 0 Å². The SMILES string of the molecule is CC(=O)OC[C@@H](OC(C)=O)[C@@H](O)[C@H](O)[C@H](O)[C@@H](O)CC(=O)C(=O)O. The van der Waals surface area contributed by atoms with Gasteiger partial charge in [-0.15, -0.1) is 0 Å². The van der Waals surface area contributed by atoms with Crippen LogP contribution >= 0.6 is 0 Å². The van der Waals surface area contributed by atoms with Crippen molar-refractivity contribution in [1.82, 2.24) is 0 Å². The van der Waals surface area contributed by atoms with Crippen molar-refractivity contribution in [2.24, 2.45) is 0 Å². The molecule has 0 bridgehead atoms. The first kappa shape index (κ1) is 21.9. The number of hydrogen-bond acceptors (Lipinski definition) is 10. The van der Waals surface area contributed by atoms with E-state index in [1.54, 1.807) is 0 Å². The summed E-state index contributed by atoms with van der Waals surface area (Å²) in [6.45, 7) is 1.39. The van der Waals surface area contributed by atoms with Gasteiger partial charge in [-0.25, -0.2) is 4.79 Å². The van der Waals surface area contributed by atoms with Crippen LogP contribution in [0.25, 0.3) is 0 Å². The third kappa shape index (κ3) is 7.46. The van der Waals surface area contributed by atoms with Crippen LogP contribution < -0.4 is 0 Å². The number of carbonyl (C=O) groups excluding carboxylic acids is 3. The number of esters is 2. The van der Waals surface area contributed by atoms with E-state index in [-0.39, 0.29) is 0 Å². The van der Waals surface area contributed by atoms with Gasteiger partial charge < -0.3 is 35.0 Å². The van der Waals surface area contributed by atoms with Gasteiger partial charge in [0, 0.05) is 20.3 Å². The van der Waals surface area contributed by atoms with Crippen molar-refractivity contribution in [1.29, 1.82) is 0 Å². The van der Waals surface area contributed by atoms with Gasteiger partial charge in [-0.1, -0.05) is 0 Å². The van der Waals surface area contributed by atoms with Gasteiger partial charge >= 0.3 is 17.9 Å². The number of ether oxygens (including phenoxy) is 2. The highest BCUT2D eigenvalue weighted by molar-refractivity contribution is 6.32. The molecule has 24 heavy (non-hydrogen) atoms. The molecule has 0 spiro atoms. The second kappa shape index (κ2) is 9.93. The summed E-state index contributed by atoms with van der Waals surface area (Å²) in [7, 11) is 0. The Labute approximate surface area is 136 Å². The van der Waals surface area contributed by atoms with Crippen LogP contribution in [0.15, 0.2) is 0 Å². The molecule has 0 fully saturated rings. The highest BCUT2D eigenvalue weighted by Crippen LogP contribution is 2.14. The van der Waals surface area contributed by atoms with Gasteiger partial charge in [0.1, 0.15) is 24.9 Å². The average Bonchev–Trinajstić information content (AvgIpc) is 2.48. The number of hydrogen-bond donors (Lipinski definition) is 5. The maximum Gasteiger partial charge on any atom is 0.372 e. The molecule has 0 rings (SSSR count). The van der Waals surface area contributed by atoms with Gasteiger partial charge in [0.25, 0.3) is 0 Å². The topological polar surface area (TPSA) is 188 Å². The molecule has 0 aromatic carbocycles. The summed E-state index contributed by atoms with van der Waals surface area (Å²) in [5, 5.41) is 47.4. The Hall–Kier alpha value is -2.08. The lowest BCUT2D eigenvalue weighted by Gasteiger charge is -2.30. The lowest BCUT2D eigenvalue weighted by Crippen LogP contribution is -2.52. The van der Waals surface area contributed by atoms with Gasteiger partial charge in [-0.05, 0) is 0 Å². The molecule has 0 aromatic heterocycles. The van der Waals surface area contributed by atoms with Gasteiger partial charge in [-0.2, -0.15) is 0 Å². The van der Waals surface area contributed by atoms with Crippen LogP contribution in [0.5, 0.6) is 0 Å². The number of Topliss-reactive ketones (excluding diaryl/α,β-unsaturated/α-hetero) is 1. The van der Waals surface area contributed by atoms with Crippen molar-refractivity contribution in [3.63, 3.8) is 0 Å². The fourth-order valence-electron chi connectivity index (χ4n) is 1.66. The summed E-state index contributed by atoms with van der Waals surface area (Å²) in [5.74, 6) is -4.90. The fraction of sp³-hybridized carbons (Fsp3) is 0.692. The van der Waals surface area contributed by atoms with Crippen LogP contribution in [-0.4, -0.2) is 86.4 Å². The molecule has 5 atom stereocenters. The molecule has 0 saturated carbocycles. The van der Waals surface area contributed by atoms with Crippen molar-refractivity contribution in [3.05, 3.63) is 0 Å². The number of rotatable bonds is 10. The molecule has 0 saturated heterocycles. The Kier molecular flexibility index (Phi) is 9.07. The van der Waals surface area contributed by atoms with E-state index in [4.69, 9.17) is 5.11 Å². The number of aliphatic hydroxyl groups excluding tert-OH is 4. The Morgan fingerprint density at radius 2 is 1.42 bits per heavy atom. The number of carboxylic acids is 1. The lowest BCUT2D eigenvalue weighted by molar-refractivity contribution is -0.179. The molecule has 0 aliphatic heterocycles. The quantitative estimate of drug-likeness (QED) is 0.199. The second-order valence-electron chi connectivity index (χ2n) is 4.92. The second-order valence-corrected chi connectivity index (χ2v) is 4.92. The van der Waals surface area contributed by atoms with E-state index in [2.05, 4.69) is 9.47 Å². The summed E-state index contributed by atoms with van der Waals surface area (Å²) >= 11 is 0. The van der Waals surface area contributed by atoms with E-state index in [0.29, 0.717) is 0 Å². The zero-order valence-corrected chi connectivity index (χ0v) is 13.0. The number of aliphatic carboxylic acids is 1. The van der Waals surface area contributed by atoms with Gasteiger partial charge in [0.05, 0.1) is 6.10 Å². The molecule has 0 aromatic rings. The molecule has 0 unspecified atom stereocenters. The molecular formula is C13H20O11. The van der Waals surface area contributed by atoms with Gasteiger partial charge in [0.15, 0.2) is 6.10 Å². The number of aliphatic hydroxyl groups is 4. The Bertz CT molecular complexity index is 475. The maximum absolute atomic E-state index is 11.0. The molecule has 138 valence electrons. The number of carbonyl (C=O) groups is 4. The first-order chi connectivity index (χ1) is 11.0. The minimum Gasteiger partial charge on any atom is -0.475 e. The van der Waals surface area contributed by atoms with Crippen molar-refractivity contribution in [3.8, 4) is 0 Å². The normalized spacial score (nSPS) is 17.1. The molecule has 0 aliphatic rings. The predicted molar refractivity (Wildman–Crippen MR) is 73.5 cm³/mol. The summed E-state index contributed by atoms with van der Waals surface area (Å²) in [6, 6.07) is 0. The van der Waals surface area contributed by atoms with E-state index in [9.17, 15) is 39.6 Å². The number of ketones is 1. The molecule has 0 heterocycles. The van der Waals surface area contributed by atoms with Crippen LogP contribution in [0.4, 0.5) is 0 Å². The Morgan fingerprint density at radius 1 is 0.875 bits per heavy atom. The summed E-state index contributed by atoms with van der Waals surface area (Å²) in [4.78, 5) is 43.1. The highest BCUT2D eigenvalue weighted by atomic mass is 16.6. The zero-order chi connectivity index (χ0) is 19.0. The highest BCUT2D eigenvalue weighted by Gasteiger charge is 2.38. The largest absolute Gasteiger partial charge is 0.475 e. The van der Waals surface area contributed by atoms with Crippen molar-refractivity contribution < 1.29 is 54.2 Å². The maximum atomic E-state index is 11.0. The van der Waals surface area contributed by atoms with Crippen LogP contribution in [0.3, 0.4) is 0 Å². The standard InChI is InChI=1S/C13H20O11/c1-5(14)23-4-9(24-6(2)15)11(19)12(20)10(18)7(16)3-8(17)13(21)22/h7,9-12,16,18-20H,3-4H2,1-2H3,(H,21,22)/t7-,9+,10+,11+,12+/m0/s1. The van der Waals surface area contributed by atoms with E-state index < -0.39 is 67.2 Å². The van der Waals surface area contributed by atoms with Gasteiger partial charge in [0.2, 0.25) is 5.78 Å². The van der Waals surface area contributed by atoms with E-state index >= 15 is 0 Å². The lowest BCUT2D eigenvalue weighted by atomic mass is 9.96. The molecule has 11 heteroatoms. The minimum atomic E-state index is -2.13. The zero-order valence-electron chi connectivity index (χ0n) is 13.0. The molecule has 11 nitrogen and oxygen atoms in total. The molecule has 5 N–H and O–H groups in total. The van der Waals surface area contributed by atoms with E-state index in [1.807, 2.05) is 0 Å². The minimum absolute atomic E-state index is 0.635. The number of carboxylic acid groups (broad SMARTS) is 1. The smallest absolute Gasteiger partial charge is 0.372 e. The molecule has 0 aliphatic carbocycles. The monoisotopic (exact) mass is 352 g/mol. The summed E-state index contributed by atoms with van der Waals surface area (Å²) in [5.41, 5.74) is 0. The molecule has 0 radical (unpaired) electrons. The van der Waals surface area contributed by atoms with Crippen molar-refractivity contribution in [2.45, 2.75) is 50.8 Å². The molecule has 0 amide bonds. The molecular weight excluding hydrogens is 332 g/mol.